The molecule has 1 saturated heterocycles. The predicted octanol–water partition coefficient (Wildman–Crippen LogP) is 10.8. The van der Waals surface area contributed by atoms with E-state index in [0.717, 1.165) is 88.0 Å². The first kappa shape index (κ1) is 63.1. The maximum absolute atomic E-state index is 12.9. The second-order valence-electron chi connectivity index (χ2n) is 18.0. The number of anilines is 1. The van der Waals surface area contributed by atoms with Gasteiger partial charge >= 0.3 is 33.3 Å². The minimum absolute atomic E-state index is 0.0371. The van der Waals surface area contributed by atoms with Gasteiger partial charge in [-0.1, -0.05) is 166 Å². The molecule has 0 saturated carbocycles. The van der Waals surface area contributed by atoms with Gasteiger partial charge in [0, 0.05) is 19.0 Å². The van der Waals surface area contributed by atoms with Crippen LogP contribution in [0.3, 0.4) is 0 Å². The van der Waals surface area contributed by atoms with Crippen LogP contribution >= 0.6 is 15.6 Å². The van der Waals surface area contributed by atoms with E-state index in [1.54, 1.807) is 0 Å². The maximum Gasteiger partial charge on any atom is 0.481 e. The van der Waals surface area contributed by atoms with Gasteiger partial charge in [-0.2, -0.15) is 9.29 Å². The molecule has 7 atom stereocenters. The largest absolute Gasteiger partial charge is 0.481 e. The van der Waals surface area contributed by atoms with Gasteiger partial charge in [0.1, 0.15) is 30.7 Å². The number of nitrogen functional groups attached to an aromatic ring is 1. The number of nitrogens with two attached hydrogens (primary N) is 1. The summed E-state index contributed by atoms with van der Waals surface area (Å²) in [4.78, 5) is 61.9. The number of unbranched alkanes of at least 4 members (excludes halogenated alkanes) is 21. The van der Waals surface area contributed by atoms with Gasteiger partial charge in [0.2, 0.25) is 0 Å². The van der Waals surface area contributed by atoms with Crippen molar-refractivity contribution in [1.29, 1.82) is 0 Å². The molecule has 18 nitrogen and oxygen atoms in total. The number of aromatic nitrogens is 2. The number of allylic oxidation sites excluding steroid dienone is 6. The van der Waals surface area contributed by atoms with Crippen molar-refractivity contribution >= 4 is 33.4 Å². The summed E-state index contributed by atoms with van der Waals surface area (Å²) in [7, 11) is -10.8. The number of phosphoric ester groups is 2. The third-order valence-corrected chi connectivity index (χ3v) is 14.3. The average molecular weight is 1030 g/mol. The Morgan fingerprint density at radius 3 is 1.71 bits per heavy atom. The molecule has 2 heterocycles. The fourth-order valence-corrected chi connectivity index (χ4v) is 9.78. The zero-order valence-corrected chi connectivity index (χ0v) is 43.9. The second-order valence-corrected chi connectivity index (χ2v) is 21.1. The first-order valence-corrected chi connectivity index (χ1v) is 29.0. The van der Waals surface area contributed by atoms with Gasteiger partial charge < -0.3 is 39.9 Å². The number of hydrogen-bond donors (Lipinski definition) is 5. The third kappa shape index (κ3) is 30.8. The second kappa shape index (κ2) is 38.6. The smallest absolute Gasteiger partial charge is 0.462 e. The normalized spacial score (nSPS) is 19.5. The summed E-state index contributed by atoms with van der Waals surface area (Å²) in [6.07, 6.45) is 35.0. The maximum atomic E-state index is 12.9. The number of hydrogen-bond acceptors (Lipinski definition) is 15. The molecular formula is C50H87N3O15P2. The first-order chi connectivity index (χ1) is 33.7. The molecule has 1 aromatic heterocycles. The van der Waals surface area contributed by atoms with Crippen LogP contribution in [0.25, 0.3) is 0 Å². The van der Waals surface area contributed by atoms with Crippen LogP contribution in [0.2, 0.25) is 0 Å². The standard InChI is InChI=1S/C50H87N3O15P2/c1-3-5-7-9-11-13-15-17-18-19-20-21-22-24-26-28-30-32-34-36-46(55)66-42(39-63-45(54)35-33-31-29-27-25-23-16-14-12-10-8-6-4-2)40-64-69(59,60)68-70(61,62)65-41-43-47(56)48(57)49(67-43)53-38-37-44(51)52-50(53)58/h11,13,17-18,20-21,37-38,42-43,47-49,56-57H,3-10,12,14-16,19,22-36,39-41H2,1-2H3,(H,59,60)(H,61,62)(H2,51,52,58)/t42-,43-,47+,48?,49-/m1/s1. The number of aliphatic hydroxyl groups is 2. The lowest BCUT2D eigenvalue weighted by molar-refractivity contribution is -0.161. The molecule has 6 N–H and O–H groups in total. The van der Waals surface area contributed by atoms with E-state index >= 15 is 0 Å². The lowest BCUT2D eigenvalue weighted by Crippen LogP contribution is -2.36. The third-order valence-electron chi connectivity index (χ3n) is 11.7. The van der Waals surface area contributed by atoms with Crippen LogP contribution in [0.4, 0.5) is 5.82 Å². The molecule has 2 rings (SSSR count). The molecule has 20 heteroatoms. The predicted molar refractivity (Wildman–Crippen MR) is 270 cm³/mol. The summed E-state index contributed by atoms with van der Waals surface area (Å²) >= 11 is 0. The fourth-order valence-electron chi connectivity index (χ4n) is 7.67. The lowest BCUT2D eigenvalue weighted by atomic mass is 10.0. The summed E-state index contributed by atoms with van der Waals surface area (Å²) in [6.45, 7) is 2.13. The van der Waals surface area contributed by atoms with E-state index in [0.29, 0.717) is 12.8 Å². The monoisotopic (exact) mass is 1030 g/mol. The van der Waals surface area contributed by atoms with E-state index in [-0.39, 0.29) is 18.7 Å². The Labute approximate surface area is 417 Å². The number of rotatable bonds is 43. The molecule has 1 aliphatic heterocycles. The highest BCUT2D eigenvalue weighted by molar-refractivity contribution is 7.61. The molecule has 0 amide bonds. The highest BCUT2D eigenvalue weighted by atomic mass is 31.3. The fraction of sp³-hybridized carbons (Fsp3) is 0.760. The van der Waals surface area contributed by atoms with Gasteiger partial charge in [0.25, 0.3) is 0 Å². The van der Waals surface area contributed by atoms with E-state index in [2.05, 4.69) is 59.6 Å². The average Bonchev–Trinajstić information content (AvgIpc) is 3.59. The summed E-state index contributed by atoms with van der Waals surface area (Å²) in [5, 5.41) is 20.9. The minimum atomic E-state index is -5.43. The Balaban J connectivity index is 1.79. The Morgan fingerprint density at radius 2 is 1.16 bits per heavy atom. The zero-order valence-electron chi connectivity index (χ0n) is 42.1. The number of ether oxygens (including phenoxy) is 3. The Bertz CT molecular complexity index is 1810. The summed E-state index contributed by atoms with van der Waals surface area (Å²) in [5.41, 5.74) is 4.59. The lowest BCUT2D eigenvalue weighted by Gasteiger charge is -2.21. The van der Waals surface area contributed by atoms with E-state index < -0.39 is 83.7 Å². The van der Waals surface area contributed by atoms with E-state index in [4.69, 9.17) is 29.0 Å². The van der Waals surface area contributed by atoms with Gasteiger partial charge in [-0.05, 0) is 57.4 Å². The van der Waals surface area contributed by atoms with E-state index in [1.807, 2.05) is 0 Å². The molecule has 70 heavy (non-hydrogen) atoms. The van der Waals surface area contributed by atoms with Crippen LogP contribution < -0.4 is 11.4 Å². The van der Waals surface area contributed by atoms with Gasteiger partial charge in [-0.3, -0.25) is 23.2 Å². The Morgan fingerprint density at radius 1 is 0.686 bits per heavy atom. The van der Waals surface area contributed by atoms with Crippen molar-refractivity contribution < 1.29 is 66.3 Å². The molecule has 1 aromatic rings. The van der Waals surface area contributed by atoms with Crippen molar-refractivity contribution in [3.8, 4) is 0 Å². The molecule has 0 spiro atoms. The highest BCUT2D eigenvalue weighted by Crippen LogP contribution is 2.60. The van der Waals surface area contributed by atoms with E-state index in [9.17, 15) is 43.5 Å². The molecule has 0 bridgehead atoms. The molecule has 1 aliphatic rings. The van der Waals surface area contributed by atoms with Crippen molar-refractivity contribution in [3.05, 3.63) is 59.2 Å². The van der Waals surface area contributed by atoms with Crippen molar-refractivity contribution in [2.75, 3.05) is 25.6 Å². The van der Waals surface area contributed by atoms with Crippen LogP contribution in [-0.4, -0.2) is 85.7 Å². The van der Waals surface area contributed by atoms with Crippen molar-refractivity contribution in [1.82, 2.24) is 9.55 Å². The van der Waals surface area contributed by atoms with Crippen LogP contribution in [0, 0.1) is 0 Å². The van der Waals surface area contributed by atoms with Crippen LogP contribution in [0.1, 0.15) is 200 Å². The van der Waals surface area contributed by atoms with Crippen molar-refractivity contribution in [3.63, 3.8) is 0 Å². The van der Waals surface area contributed by atoms with E-state index in [1.165, 1.54) is 82.9 Å². The van der Waals surface area contributed by atoms with Crippen molar-refractivity contribution in [2.45, 2.75) is 224 Å². The number of nitrogens with zero attached hydrogens (tertiary/aromatic N) is 2. The molecule has 0 radical (unpaired) electrons. The number of carbonyl (C=O) groups is 2. The minimum Gasteiger partial charge on any atom is -0.462 e. The summed E-state index contributed by atoms with van der Waals surface area (Å²) < 4.78 is 56.8. The van der Waals surface area contributed by atoms with Crippen LogP contribution in [0.5, 0.6) is 0 Å². The number of aliphatic hydroxyl groups excluding tert-OH is 2. The van der Waals surface area contributed by atoms with Gasteiger partial charge in [0.05, 0.1) is 13.2 Å². The molecular weight excluding hydrogens is 945 g/mol. The molecule has 1 fully saturated rings. The Hall–Kier alpha value is -3.02. The van der Waals surface area contributed by atoms with Crippen LogP contribution in [0.15, 0.2) is 53.5 Å². The van der Waals surface area contributed by atoms with Crippen LogP contribution in [-0.2, 0) is 46.3 Å². The van der Waals surface area contributed by atoms with Gasteiger partial charge in [-0.25, -0.2) is 13.9 Å². The molecule has 0 aromatic carbocycles. The quantitative estimate of drug-likeness (QED) is 0.0176. The number of carbonyl (C=O) groups excluding carboxylic acids is 2. The van der Waals surface area contributed by atoms with Gasteiger partial charge in [-0.15, -0.1) is 0 Å². The SMILES string of the molecule is CCCCCC=CCC=CCC=CCCCCCCCCC(=O)O[C@H](COC(=O)CCCCCCCCCCCCCCC)COP(=O)(O)OP(=O)(O)OC[C@H]1O[C@@H](n2ccc(N)nc2=O)C(O)[C@H]1O. The molecule has 402 valence electrons. The summed E-state index contributed by atoms with van der Waals surface area (Å²) in [6, 6.07) is 1.25. The van der Waals surface area contributed by atoms with Gasteiger partial charge in [0.15, 0.2) is 12.3 Å². The highest BCUT2D eigenvalue weighted by Gasteiger charge is 2.46. The number of esters is 2. The summed E-state index contributed by atoms with van der Waals surface area (Å²) in [5.74, 6) is -1.30. The molecule has 3 unspecified atom stereocenters. The topological polar surface area (TPSA) is 265 Å². The molecule has 0 aliphatic carbocycles. The van der Waals surface area contributed by atoms with Crippen molar-refractivity contribution in [2.24, 2.45) is 0 Å². The number of phosphoric acid groups is 2. The zero-order chi connectivity index (χ0) is 51.3. The Kier molecular flexibility index (Phi) is 34.8. The first-order valence-electron chi connectivity index (χ1n) is 26.0.